The number of hydrogen-bond donors (Lipinski definition) is 0. The van der Waals surface area contributed by atoms with Gasteiger partial charge in [-0.3, -0.25) is 0 Å². The molecule has 0 spiro atoms. The zero-order chi connectivity index (χ0) is 17.2. The molecule has 2 saturated carbocycles. The van der Waals surface area contributed by atoms with Gasteiger partial charge in [0.25, 0.3) is 0 Å². The Kier molecular flexibility index (Phi) is 5.45. The summed E-state index contributed by atoms with van der Waals surface area (Å²) in [4.78, 5) is 17.3. The van der Waals surface area contributed by atoms with Crippen molar-refractivity contribution in [1.82, 2.24) is 0 Å². The van der Waals surface area contributed by atoms with Crippen molar-refractivity contribution in [3.63, 3.8) is 0 Å². The number of esters is 1. The van der Waals surface area contributed by atoms with E-state index in [1.807, 2.05) is 0 Å². The summed E-state index contributed by atoms with van der Waals surface area (Å²) >= 11 is 0. The van der Waals surface area contributed by atoms with Gasteiger partial charge in [0.2, 0.25) is 5.60 Å². The van der Waals surface area contributed by atoms with Gasteiger partial charge in [0, 0.05) is 19.4 Å². The SMILES string of the molecule is COC(=O)C1(C)CC(C2CCC(OC)C(OC3CCCC3)C2)=NO1. The number of hydrogen-bond acceptors (Lipinski definition) is 6. The van der Waals surface area contributed by atoms with Gasteiger partial charge in [0.1, 0.15) is 0 Å². The van der Waals surface area contributed by atoms with Crippen LogP contribution in [-0.2, 0) is 23.8 Å². The van der Waals surface area contributed by atoms with E-state index in [1.165, 1.54) is 20.0 Å². The molecule has 0 aromatic heterocycles. The molecule has 1 aliphatic heterocycles. The third-order valence-electron chi connectivity index (χ3n) is 5.67. The molecule has 0 saturated heterocycles. The third-order valence-corrected chi connectivity index (χ3v) is 5.67. The van der Waals surface area contributed by atoms with Crippen molar-refractivity contribution in [2.75, 3.05) is 14.2 Å². The maximum Gasteiger partial charge on any atom is 0.353 e. The summed E-state index contributed by atoms with van der Waals surface area (Å²) in [7, 11) is 3.14. The molecule has 3 rings (SSSR count). The smallest absolute Gasteiger partial charge is 0.353 e. The van der Waals surface area contributed by atoms with Crippen LogP contribution in [0.25, 0.3) is 0 Å². The first-order chi connectivity index (χ1) is 11.6. The molecule has 0 bridgehead atoms. The molecule has 4 atom stereocenters. The number of carbonyl (C=O) groups excluding carboxylic acids is 1. The van der Waals surface area contributed by atoms with Crippen LogP contribution in [0.5, 0.6) is 0 Å². The van der Waals surface area contributed by atoms with Gasteiger partial charge in [-0.15, -0.1) is 0 Å². The zero-order valence-electron chi connectivity index (χ0n) is 15.0. The minimum atomic E-state index is -0.982. The van der Waals surface area contributed by atoms with Gasteiger partial charge in [0.05, 0.1) is 31.1 Å². The van der Waals surface area contributed by atoms with Gasteiger partial charge in [-0.25, -0.2) is 4.79 Å². The Bertz CT molecular complexity index is 488. The molecule has 6 nitrogen and oxygen atoms in total. The Hall–Kier alpha value is -1.14. The number of oxime groups is 1. The highest BCUT2D eigenvalue weighted by Crippen LogP contribution is 2.37. The van der Waals surface area contributed by atoms with Crippen molar-refractivity contribution in [1.29, 1.82) is 0 Å². The summed E-state index contributed by atoms with van der Waals surface area (Å²) in [5.41, 5.74) is -0.0262. The Balaban J connectivity index is 1.61. The lowest BCUT2D eigenvalue weighted by atomic mass is 9.79. The molecular weight excluding hydrogens is 310 g/mol. The van der Waals surface area contributed by atoms with Crippen LogP contribution in [0, 0.1) is 5.92 Å². The monoisotopic (exact) mass is 339 g/mol. The fourth-order valence-corrected chi connectivity index (χ4v) is 4.20. The van der Waals surface area contributed by atoms with E-state index in [4.69, 9.17) is 19.0 Å². The maximum atomic E-state index is 11.9. The summed E-state index contributed by atoms with van der Waals surface area (Å²) < 4.78 is 16.8. The number of methoxy groups -OCH3 is 2. The molecule has 24 heavy (non-hydrogen) atoms. The van der Waals surface area contributed by atoms with Crippen molar-refractivity contribution < 1.29 is 23.8 Å². The second kappa shape index (κ2) is 7.40. The van der Waals surface area contributed by atoms with Crippen LogP contribution >= 0.6 is 0 Å². The van der Waals surface area contributed by atoms with Gasteiger partial charge in [-0.2, -0.15) is 0 Å². The van der Waals surface area contributed by atoms with Crippen LogP contribution in [0.2, 0.25) is 0 Å². The fourth-order valence-electron chi connectivity index (χ4n) is 4.20. The van der Waals surface area contributed by atoms with Crippen molar-refractivity contribution in [3.05, 3.63) is 0 Å². The summed E-state index contributed by atoms with van der Waals surface area (Å²) in [5.74, 6) is -0.0835. The summed E-state index contributed by atoms with van der Waals surface area (Å²) in [6, 6.07) is 0. The Morgan fingerprint density at radius 2 is 1.92 bits per heavy atom. The first-order valence-corrected chi connectivity index (χ1v) is 9.07. The molecule has 4 unspecified atom stereocenters. The van der Waals surface area contributed by atoms with Crippen LogP contribution in [-0.4, -0.2) is 49.8 Å². The lowest BCUT2D eigenvalue weighted by molar-refractivity contribution is -0.164. The molecule has 2 aliphatic carbocycles. The number of ether oxygens (including phenoxy) is 3. The average Bonchev–Trinajstić information content (AvgIpc) is 3.24. The first-order valence-electron chi connectivity index (χ1n) is 9.07. The molecule has 2 fully saturated rings. The van der Waals surface area contributed by atoms with Crippen molar-refractivity contribution in [3.8, 4) is 0 Å². The van der Waals surface area contributed by atoms with E-state index in [0.717, 1.165) is 37.8 Å². The zero-order valence-corrected chi connectivity index (χ0v) is 15.0. The molecule has 0 aromatic rings. The number of rotatable bonds is 5. The minimum Gasteiger partial charge on any atom is -0.466 e. The average molecular weight is 339 g/mol. The number of nitrogens with zero attached hydrogens (tertiary/aromatic N) is 1. The van der Waals surface area contributed by atoms with E-state index < -0.39 is 5.60 Å². The third kappa shape index (κ3) is 3.59. The van der Waals surface area contributed by atoms with E-state index in [1.54, 1.807) is 14.0 Å². The van der Waals surface area contributed by atoms with Crippen molar-refractivity contribution in [2.45, 2.75) is 82.2 Å². The van der Waals surface area contributed by atoms with Gasteiger partial charge in [-0.05, 0) is 39.0 Å². The predicted molar refractivity (Wildman–Crippen MR) is 88.8 cm³/mol. The van der Waals surface area contributed by atoms with E-state index in [2.05, 4.69) is 5.16 Å². The van der Waals surface area contributed by atoms with Crippen LogP contribution in [0.15, 0.2) is 5.16 Å². The van der Waals surface area contributed by atoms with Crippen LogP contribution < -0.4 is 0 Å². The van der Waals surface area contributed by atoms with Crippen LogP contribution in [0.4, 0.5) is 0 Å². The van der Waals surface area contributed by atoms with Gasteiger partial charge in [-0.1, -0.05) is 18.0 Å². The van der Waals surface area contributed by atoms with Crippen molar-refractivity contribution >= 4 is 11.7 Å². The highest BCUT2D eigenvalue weighted by Gasteiger charge is 2.46. The Morgan fingerprint density at radius 1 is 1.17 bits per heavy atom. The quantitative estimate of drug-likeness (QED) is 0.721. The summed E-state index contributed by atoms with van der Waals surface area (Å²) in [5, 5.41) is 4.22. The standard InChI is InChI=1S/C18H29NO5/c1-18(17(20)22-3)11-14(19-24-18)12-8-9-15(21-2)16(10-12)23-13-6-4-5-7-13/h12-13,15-16H,4-11H2,1-3H3. The van der Waals surface area contributed by atoms with E-state index in [0.29, 0.717) is 12.5 Å². The second-order valence-corrected chi connectivity index (χ2v) is 7.44. The van der Waals surface area contributed by atoms with Gasteiger partial charge < -0.3 is 19.0 Å². The van der Waals surface area contributed by atoms with Gasteiger partial charge in [0.15, 0.2) is 0 Å². The fraction of sp³-hybridized carbons (Fsp3) is 0.889. The molecule has 1 heterocycles. The Labute approximate surface area is 143 Å². The molecule has 0 amide bonds. The molecule has 0 radical (unpaired) electrons. The van der Waals surface area contributed by atoms with Crippen LogP contribution in [0.1, 0.15) is 58.3 Å². The highest BCUT2D eigenvalue weighted by atomic mass is 16.7. The normalized spacial score (nSPS) is 37.1. The van der Waals surface area contributed by atoms with E-state index >= 15 is 0 Å². The van der Waals surface area contributed by atoms with E-state index in [-0.39, 0.29) is 24.1 Å². The summed E-state index contributed by atoms with van der Waals surface area (Å²) in [6.45, 7) is 1.74. The first kappa shape index (κ1) is 17.7. The lowest BCUT2D eigenvalue weighted by Crippen LogP contribution is -2.42. The minimum absolute atomic E-state index is 0.101. The topological polar surface area (TPSA) is 66.4 Å². The molecule has 6 heteroatoms. The summed E-state index contributed by atoms with van der Waals surface area (Å²) in [6.07, 6.45) is 8.77. The second-order valence-electron chi connectivity index (χ2n) is 7.44. The predicted octanol–water partition coefficient (Wildman–Crippen LogP) is 2.84. The highest BCUT2D eigenvalue weighted by molar-refractivity contribution is 5.94. The molecule has 0 N–H and O–H groups in total. The van der Waals surface area contributed by atoms with Gasteiger partial charge >= 0.3 is 5.97 Å². The maximum absolute atomic E-state index is 11.9. The molecule has 3 aliphatic rings. The lowest BCUT2D eigenvalue weighted by Gasteiger charge is -2.36. The van der Waals surface area contributed by atoms with E-state index in [9.17, 15) is 4.79 Å². The largest absolute Gasteiger partial charge is 0.466 e. The molecular formula is C18H29NO5. The van der Waals surface area contributed by atoms with Crippen molar-refractivity contribution in [2.24, 2.45) is 11.1 Å². The molecule has 136 valence electrons. The molecule has 0 aromatic carbocycles. The number of carbonyl (C=O) groups is 1. The van der Waals surface area contributed by atoms with Crippen LogP contribution in [0.3, 0.4) is 0 Å². The Morgan fingerprint density at radius 3 is 2.58 bits per heavy atom.